The van der Waals surface area contributed by atoms with Crippen molar-refractivity contribution in [3.05, 3.63) is 90.5 Å². The van der Waals surface area contributed by atoms with Crippen LogP contribution in [-0.2, 0) is 6.42 Å². The van der Waals surface area contributed by atoms with Gasteiger partial charge in [0.05, 0.1) is 5.52 Å². The summed E-state index contributed by atoms with van der Waals surface area (Å²) in [7, 11) is 0. The predicted molar refractivity (Wildman–Crippen MR) is 88.1 cm³/mol. The lowest BCUT2D eigenvalue weighted by molar-refractivity contribution is 0.959. The fraction of sp³-hybridized carbons (Fsp3) is 0.0526. The van der Waals surface area contributed by atoms with E-state index in [0.717, 1.165) is 23.3 Å². The van der Waals surface area contributed by atoms with Gasteiger partial charge in [0.1, 0.15) is 12.1 Å². The van der Waals surface area contributed by atoms with Crippen molar-refractivity contribution in [1.29, 1.82) is 0 Å². The van der Waals surface area contributed by atoms with Crippen LogP contribution in [0, 0.1) is 0 Å². The second kappa shape index (κ2) is 5.45. The molecule has 0 saturated heterocycles. The molecule has 0 radical (unpaired) electrons. The second-order valence-corrected chi connectivity index (χ2v) is 5.28. The van der Waals surface area contributed by atoms with Crippen LogP contribution >= 0.6 is 0 Å². The van der Waals surface area contributed by atoms with E-state index in [1.165, 1.54) is 10.9 Å². The highest BCUT2D eigenvalue weighted by Gasteiger charge is 2.09. The lowest BCUT2D eigenvalue weighted by Crippen LogP contribution is -2.03. The van der Waals surface area contributed by atoms with Gasteiger partial charge in [-0.15, -0.1) is 0 Å². The Bertz CT molecular complexity index is 910. The van der Waals surface area contributed by atoms with Crippen molar-refractivity contribution >= 4 is 10.9 Å². The van der Waals surface area contributed by atoms with Crippen LogP contribution in [0.4, 0.5) is 0 Å². The van der Waals surface area contributed by atoms with Crippen LogP contribution in [0.2, 0.25) is 0 Å². The molecule has 2 aromatic carbocycles. The van der Waals surface area contributed by atoms with Crippen molar-refractivity contribution in [2.75, 3.05) is 0 Å². The van der Waals surface area contributed by atoms with Crippen molar-refractivity contribution in [3.63, 3.8) is 0 Å². The van der Waals surface area contributed by atoms with E-state index in [0.29, 0.717) is 0 Å². The number of aromatic nitrogens is 3. The Hall–Kier alpha value is -2.94. The topological polar surface area (TPSA) is 30.7 Å². The molecule has 2 heterocycles. The average Bonchev–Trinajstić information content (AvgIpc) is 3.00. The number of nitrogens with zero attached hydrogens (tertiary/aromatic N) is 3. The molecule has 2 aromatic heterocycles. The molecule has 4 aromatic rings. The first-order chi connectivity index (χ1) is 10.9. The summed E-state index contributed by atoms with van der Waals surface area (Å²) in [6.07, 6.45) is 6.41. The average molecular weight is 285 g/mol. The molecule has 0 bridgehead atoms. The lowest BCUT2D eigenvalue weighted by atomic mass is 10.1. The first-order valence-electron chi connectivity index (χ1n) is 7.31. The molecule has 22 heavy (non-hydrogen) atoms. The van der Waals surface area contributed by atoms with Crippen LogP contribution < -0.4 is 0 Å². The molecule has 0 spiro atoms. The number of hydrogen-bond donors (Lipinski definition) is 0. The van der Waals surface area contributed by atoms with Gasteiger partial charge >= 0.3 is 0 Å². The van der Waals surface area contributed by atoms with E-state index < -0.39 is 0 Å². The summed E-state index contributed by atoms with van der Waals surface area (Å²) in [5.41, 5.74) is 3.54. The minimum atomic E-state index is 0.823. The third kappa shape index (κ3) is 2.27. The normalized spacial score (nSPS) is 10.9. The Kier molecular flexibility index (Phi) is 3.16. The molecule has 0 amide bonds. The number of rotatable bonds is 3. The van der Waals surface area contributed by atoms with Gasteiger partial charge in [-0.25, -0.2) is 9.97 Å². The highest BCUT2D eigenvalue weighted by Crippen LogP contribution is 2.22. The molecule has 0 aliphatic rings. The van der Waals surface area contributed by atoms with Crippen LogP contribution in [-0.4, -0.2) is 14.5 Å². The van der Waals surface area contributed by atoms with E-state index in [1.54, 1.807) is 6.33 Å². The van der Waals surface area contributed by atoms with Gasteiger partial charge in [-0.1, -0.05) is 48.5 Å². The number of para-hydroxylation sites is 1. The van der Waals surface area contributed by atoms with Crippen LogP contribution in [0.1, 0.15) is 11.1 Å². The van der Waals surface area contributed by atoms with Crippen LogP contribution in [0.25, 0.3) is 16.7 Å². The van der Waals surface area contributed by atoms with Crippen molar-refractivity contribution in [2.24, 2.45) is 0 Å². The first-order valence-corrected chi connectivity index (χ1v) is 7.31. The quantitative estimate of drug-likeness (QED) is 0.569. The molecule has 0 saturated carbocycles. The summed E-state index contributed by atoms with van der Waals surface area (Å²) in [5, 5.41) is 1.21. The summed E-state index contributed by atoms with van der Waals surface area (Å²) < 4.78 is 2.13. The van der Waals surface area contributed by atoms with Crippen LogP contribution in [0.5, 0.6) is 0 Å². The summed E-state index contributed by atoms with van der Waals surface area (Å²) >= 11 is 0. The molecular formula is C19H15N3. The zero-order chi connectivity index (χ0) is 14.8. The fourth-order valence-electron chi connectivity index (χ4n) is 2.78. The Morgan fingerprint density at radius 3 is 2.59 bits per heavy atom. The van der Waals surface area contributed by atoms with E-state index in [1.807, 2.05) is 12.3 Å². The Balaban J connectivity index is 1.82. The Morgan fingerprint density at radius 1 is 0.864 bits per heavy atom. The molecule has 0 aliphatic carbocycles. The van der Waals surface area contributed by atoms with Gasteiger partial charge in [0.2, 0.25) is 0 Å². The van der Waals surface area contributed by atoms with Gasteiger partial charge in [0, 0.05) is 24.4 Å². The highest BCUT2D eigenvalue weighted by molar-refractivity contribution is 5.81. The van der Waals surface area contributed by atoms with Crippen molar-refractivity contribution in [3.8, 4) is 5.82 Å². The Morgan fingerprint density at radius 2 is 1.68 bits per heavy atom. The largest absolute Gasteiger partial charge is 0.301 e. The van der Waals surface area contributed by atoms with Crippen molar-refractivity contribution in [2.45, 2.75) is 6.42 Å². The van der Waals surface area contributed by atoms with E-state index in [4.69, 9.17) is 0 Å². The van der Waals surface area contributed by atoms with Gasteiger partial charge in [-0.2, -0.15) is 0 Å². The molecule has 0 aliphatic heterocycles. The van der Waals surface area contributed by atoms with Gasteiger partial charge < -0.3 is 4.57 Å². The minimum absolute atomic E-state index is 0.823. The molecule has 0 N–H and O–H groups in total. The zero-order valence-electron chi connectivity index (χ0n) is 12.1. The van der Waals surface area contributed by atoms with Crippen LogP contribution in [0.3, 0.4) is 0 Å². The van der Waals surface area contributed by atoms with E-state index in [-0.39, 0.29) is 0 Å². The maximum atomic E-state index is 4.52. The number of hydrogen-bond acceptors (Lipinski definition) is 2. The third-order valence-corrected chi connectivity index (χ3v) is 3.83. The minimum Gasteiger partial charge on any atom is -0.301 e. The van der Waals surface area contributed by atoms with E-state index >= 15 is 0 Å². The predicted octanol–water partition coefficient (Wildman–Crippen LogP) is 4.01. The molecule has 106 valence electrons. The Labute approximate surface area is 128 Å². The zero-order valence-corrected chi connectivity index (χ0v) is 12.1. The van der Waals surface area contributed by atoms with Gasteiger partial charge in [0.25, 0.3) is 0 Å². The fourth-order valence-corrected chi connectivity index (χ4v) is 2.78. The molecule has 0 unspecified atom stereocenters. The summed E-state index contributed by atoms with van der Waals surface area (Å²) in [4.78, 5) is 8.73. The van der Waals surface area contributed by atoms with Crippen LogP contribution in [0.15, 0.2) is 79.4 Å². The standard InChI is InChI=1S/C19H15N3/c1-2-6-15(7-3-1)12-17-13-20-14-21-19(17)22-11-10-16-8-4-5-9-18(16)22/h1-11,13-14H,12H2. The number of fused-ring (bicyclic) bond motifs is 1. The highest BCUT2D eigenvalue weighted by atomic mass is 15.1. The summed E-state index contributed by atoms with van der Waals surface area (Å²) in [6, 6.07) is 20.9. The second-order valence-electron chi connectivity index (χ2n) is 5.28. The van der Waals surface area contributed by atoms with Crippen molar-refractivity contribution in [1.82, 2.24) is 14.5 Å². The van der Waals surface area contributed by atoms with E-state index in [2.05, 4.69) is 75.3 Å². The molecule has 4 rings (SSSR count). The summed E-state index contributed by atoms with van der Waals surface area (Å²) in [6.45, 7) is 0. The molecular weight excluding hydrogens is 270 g/mol. The van der Waals surface area contributed by atoms with Gasteiger partial charge in [0.15, 0.2) is 0 Å². The first kappa shape index (κ1) is 12.8. The van der Waals surface area contributed by atoms with Gasteiger partial charge in [-0.05, 0) is 23.1 Å². The maximum Gasteiger partial charge on any atom is 0.144 e. The lowest BCUT2D eigenvalue weighted by Gasteiger charge is -2.10. The van der Waals surface area contributed by atoms with Gasteiger partial charge in [-0.3, -0.25) is 0 Å². The third-order valence-electron chi connectivity index (χ3n) is 3.83. The maximum absolute atomic E-state index is 4.52. The molecule has 3 heteroatoms. The smallest absolute Gasteiger partial charge is 0.144 e. The van der Waals surface area contributed by atoms with E-state index in [9.17, 15) is 0 Å². The molecule has 0 fully saturated rings. The summed E-state index contributed by atoms with van der Waals surface area (Å²) in [5.74, 6) is 0.944. The SMILES string of the molecule is c1ccc(Cc2cncnc2-n2ccc3ccccc32)cc1. The number of benzene rings is 2. The molecule has 0 atom stereocenters. The monoisotopic (exact) mass is 285 g/mol. The van der Waals surface area contributed by atoms with Crippen molar-refractivity contribution < 1.29 is 0 Å². The molecule has 3 nitrogen and oxygen atoms in total.